The van der Waals surface area contributed by atoms with Crippen LogP contribution in [0, 0.1) is 5.92 Å². The van der Waals surface area contributed by atoms with Gasteiger partial charge in [0.25, 0.3) is 0 Å². The van der Waals surface area contributed by atoms with Crippen LogP contribution in [0.5, 0.6) is 0 Å². The predicted octanol–water partition coefficient (Wildman–Crippen LogP) is 3.78. The van der Waals surface area contributed by atoms with Crippen LogP contribution >= 0.6 is 0 Å². The van der Waals surface area contributed by atoms with Crippen molar-refractivity contribution < 1.29 is 14.3 Å². The Morgan fingerprint density at radius 2 is 1.91 bits per heavy atom. The summed E-state index contributed by atoms with van der Waals surface area (Å²) >= 11 is 0. The Kier molecular flexibility index (Phi) is 7.58. The van der Waals surface area contributed by atoms with E-state index in [1.807, 2.05) is 47.5 Å². The minimum Gasteiger partial charge on any atom is -0.379 e. The zero-order valence-corrected chi connectivity index (χ0v) is 20.0. The molecule has 1 aromatic heterocycles. The van der Waals surface area contributed by atoms with E-state index in [4.69, 9.17) is 4.74 Å². The third-order valence-corrected chi connectivity index (χ3v) is 6.32. The third-order valence-electron chi connectivity index (χ3n) is 6.32. The second-order valence-corrected chi connectivity index (χ2v) is 9.61. The van der Waals surface area contributed by atoms with E-state index in [1.165, 1.54) is 5.56 Å². The highest BCUT2D eigenvalue weighted by Crippen LogP contribution is 2.20. The van der Waals surface area contributed by atoms with Crippen LogP contribution in [-0.2, 0) is 27.2 Å². The van der Waals surface area contributed by atoms with Crippen molar-refractivity contribution in [3.8, 4) is 0 Å². The van der Waals surface area contributed by atoms with Gasteiger partial charge >= 0.3 is 0 Å². The molecular weight excluding hydrogens is 426 g/mol. The predicted molar refractivity (Wildman–Crippen MR) is 133 cm³/mol. The second kappa shape index (κ2) is 10.8. The van der Waals surface area contributed by atoms with Crippen LogP contribution in [0.4, 0.5) is 0 Å². The minimum atomic E-state index is -0.974. The summed E-state index contributed by atoms with van der Waals surface area (Å²) in [6, 6.07) is 18.3. The summed E-state index contributed by atoms with van der Waals surface area (Å²) in [7, 11) is 0. The number of carbonyl (C=O) groups is 2. The molecule has 0 bridgehead atoms. The lowest BCUT2D eigenvalue weighted by Gasteiger charge is -2.33. The fourth-order valence-electron chi connectivity index (χ4n) is 4.54. The van der Waals surface area contributed by atoms with E-state index in [1.54, 1.807) is 20.0 Å². The smallest absolute Gasteiger partial charge is 0.247 e. The van der Waals surface area contributed by atoms with Crippen LogP contribution < -0.4 is 5.32 Å². The van der Waals surface area contributed by atoms with Gasteiger partial charge in [0.05, 0.1) is 13.2 Å². The fraction of sp³-hybridized carbons (Fsp3) is 0.393. The number of aromatic nitrogens is 1. The van der Waals surface area contributed by atoms with Gasteiger partial charge in [-0.1, -0.05) is 48.5 Å². The molecule has 0 aliphatic carbocycles. The number of fused-ring (bicyclic) bond motifs is 1. The summed E-state index contributed by atoms with van der Waals surface area (Å²) < 4.78 is 5.84. The number of hydrogen-bond donors (Lipinski definition) is 1. The number of aryl methyl sites for hydroxylation is 1. The first kappa shape index (κ1) is 23.9. The molecule has 6 nitrogen and oxygen atoms in total. The van der Waals surface area contributed by atoms with Crippen molar-refractivity contribution in [1.82, 2.24) is 15.2 Å². The average Bonchev–Trinajstić information content (AvgIpc) is 3.08. The number of ether oxygens (including phenoxy) is 1. The van der Waals surface area contributed by atoms with E-state index in [0.29, 0.717) is 39.1 Å². The Bertz CT molecular complexity index is 1130. The monoisotopic (exact) mass is 459 g/mol. The highest BCUT2D eigenvalue weighted by atomic mass is 16.5. The Labute approximate surface area is 201 Å². The number of hydrogen-bond acceptors (Lipinski definition) is 4. The van der Waals surface area contributed by atoms with Gasteiger partial charge in [-0.05, 0) is 49.3 Å². The van der Waals surface area contributed by atoms with Gasteiger partial charge in [-0.2, -0.15) is 0 Å². The molecule has 1 N–H and O–H groups in total. The van der Waals surface area contributed by atoms with Gasteiger partial charge in [-0.25, -0.2) is 0 Å². The summed E-state index contributed by atoms with van der Waals surface area (Å²) in [6.07, 6.45) is 5.50. The highest BCUT2D eigenvalue weighted by Gasteiger charge is 2.35. The molecule has 1 fully saturated rings. The van der Waals surface area contributed by atoms with Gasteiger partial charge in [0.1, 0.15) is 5.54 Å². The van der Waals surface area contributed by atoms with Crippen LogP contribution in [0.15, 0.2) is 67.0 Å². The van der Waals surface area contributed by atoms with Gasteiger partial charge in [0.15, 0.2) is 0 Å². The molecule has 3 aromatic rings. The number of pyridine rings is 1. The molecule has 34 heavy (non-hydrogen) atoms. The molecule has 2 heterocycles. The minimum absolute atomic E-state index is 0.0688. The van der Waals surface area contributed by atoms with Crippen molar-refractivity contribution in [2.75, 3.05) is 26.3 Å². The molecule has 178 valence electrons. The molecule has 6 heteroatoms. The van der Waals surface area contributed by atoms with Crippen molar-refractivity contribution in [2.45, 2.75) is 38.6 Å². The van der Waals surface area contributed by atoms with E-state index in [-0.39, 0.29) is 17.7 Å². The molecule has 1 atom stereocenters. The lowest BCUT2D eigenvalue weighted by atomic mass is 9.96. The average molecular weight is 460 g/mol. The van der Waals surface area contributed by atoms with Crippen LogP contribution in [0.3, 0.4) is 0 Å². The van der Waals surface area contributed by atoms with Crippen LogP contribution in [0.2, 0.25) is 0 Å². The molecule has 1 saturated heterocycles. The number of nitrogens with one attached hydrogen (secondary N) is 1. The molecule has 2 aromatic carbocycles. The molecular formula is C28H33N3O3. The second-order valence-electron chi connectivity index (χ2n) is 9.61. The first-order valence-corrected chi connectivity index (χ1v) is 12.0. The van der Waals surface area contributed by atoms with Crippen molar-refractivity contribution in [3.05, 3.63) is 78.1 Å². The van der Waals surface area contributed by atoms with Gasteiger partial charge in [-0.3, -0.25) is 14.6 Å². The summed E-state index contributed by atoms with van der Waals surface area (Å²) in [5.41, 5.74) is 1.35. The lowest BCUT2D eigenvalue weighted by molar-refractivity contribution is -0.140. The summed E-state index contributed by atoms with van der Waals surface area (Å²) in [6.45, 7) is 5.83. The normalized spacial score (nSPS) is 16.8. The third kappa shape index (κ3) is 6.20. The maximum Gasteiger partial charge on any atom is 0.247 e. The first-order valence-electron chi connectivity index (χ1n) is 12.0. The van der Waals surface area contributed by atoms with E-state index in [0.717, 1.165) is 22.8 Å². The van der Waals surface area contributed by atoms with E-state index in [9.17, 15) is 9.59 Å². The van der Waals surface area contributed by atoms with Gasteiger partial charge in [-0.15, -0.1) is 0 Å². The largest absolute Gasteiger partial charge is 0.379 e. The van der Waals surface area contributed by atoms with E-state index in [2.05, 4.69) is 28.5 Å². The summed E-state index contributed by atoms with van der Waals surface area (Å²) in [5, 5.41) is 5.23. The number of nitrogens with zero attached hydrogens (tertiary/aromatic N) is 2. The fourth-order valence-corrected chi connectivity index (χ4v) is 4.54. The maximum absolute atomic E-state index is 13.4. The molecule has 0 radical (unpaired) electrons. The number of rotatable bonds is 7. The first-order chi connectivity index (χ1) is 16.4. The molecule has 4 rings (SSSR count). The Morgan fingerprint density at radius 3 is 2.74 bits per heavy atom. The number of amides is 2. The van der Waals surface area contributed by atoms with Crippen LogP contribution in [-0.4, -0.2) is 53.5 Å². The van der Waals surface area contributed by atoms with Crippen molar-refractivity contribution >= 4 is 22.6 Å². The zero-order chi connectivity index (χ0) is 24.0. The molecule has 0 saturated carbocycles. The highest BCUT2D eigenvalue weighted by molar-refractivity contribution is 5.91. The molecule has 1 aliphatic heterocycles. The number of carbonyl (C=O) groups excluding carboxylic acids is 2. The number of benzene rings is 2. The summed E-state index contributed by atoms with van der Waals surface area (Å²) in [4.78, 5) is 32.0. The quantitative estimate of drug-likeness (QED) is 0.584. The van der Waals surface area contributed by atoms with E-state index < -0.39 is 5.54 Å². The van der Waals surface area contributed by atoms with Crippen molar-refractivity contribution in [3.63, 3.8) is 0 Å². The molecule has 2 amide bonds. The zero-order valence-electron chi connectivity index (χ0n) is 20.0. The van der Waals surface area contributed by atoms with E-state index >= 15 is 0 Å². The maximum atomic E-state index is 13.4. The van der Waals surface area contributed by atoms with Crippen molar-refractivity contribution in [1.29, 1.82) is 0 Å². The SMILES string of the molecule is CC(C)(NC(=O)CCc1ccccc1)C(=O)N1CCOC[C@@H](Cc2ccc3cnccc3c2)C1. The standard InChI is InChI=1S/C28H33N3O3/c1-28(2,30-26(32)11-9-21-6-4-3-5-7-21)27(33)31-14-15-34-20-23(19-31)16-22-8-10-25-18-29-13-12-24(25)17-22/h3-8,10,12-13,17-18,23H,9,11,14-16,19-20H2,1-2H3,(H,30,32)/t23-/m0/s1. The van der Waals surface area contributed by atoms with Gasteiger partial charge in [0, 0.05) is 43.2 Å². The van der Waals surface area contributed by atoms with Crippen LogP contribution in [0.25, 0.3) is 10.8 Å². The molecule has 1 aliphatic rings. The topological polar surface area (TPSA) is 71.5 Å². The van der Waals surface area contributed by atoms with Gasteiger partial charge < -0.3 is 15.0 Å². The van der Waals surface area contributed by atoms with Crippen molar-refractivity contribution in [2.24, 2.45) is 5.92 Å². The molecule has 0 spiro atoms. The Balaban J connectivity index is 1.36. The molecule has 0 unspecified atom stereocenters. The lowest BCUT2D eigenvalue weighted by Crippen LogP contribution is -2.57. The van der Waals surface area contributed by atoms with Gasteiger partial charge in [0.2, 0.25) is 11.8 Å². The Hall–Kier alpha value is -3.25. The summed E-state index contributed by atoms with van der Waals surface area (Å²) in [5.74, 6) is 0.00597. The Morgan fingerprint density at radius 1 is 1.09 bits per heavy atom. The van der Waals surface area contributed by atoms with Crippen LogP contribution in [0.1, 0.15) is 31.4 Å².